The molecular weight excluding hydrogens is 308 g/mol. The predicted molar refractivity (Wildman–Crippen MR) is 91.0 cm³/mol. The van der Waals surface area contributed by atoms with E-state index in [0.29, 0.717) is 6.04 Å². The standard InChI is InChI=1S/C17H30N4O3/c1-3-20(10-16(22)23)15-7-12(8-15)18-17(24)19-13-6-11(2)21(9-13)14-4-5-14/h11-15H,3-10H2,1-2H3,(H,22,23)(H2,18,19,24). The van der Waals surface area contributed by atoms with Crippen molar-refractivity contribution in [1.29, 1.82) is 0 Å². The number of urea groups is 1. The Bertz CT molecular complexity index is 476. The summed E-state index contributed by atoms with van der Waals surface area (Å²) in [6.45, 7) is 6.00. The summed E-state index contributed by atoms with van der Waals surface area (Å²) < 4.78 is 0. The number of amides is 2. The van der Waals surface area contributed by atoms with Crippen molar-refractivity contribution in [2.24, 2.45) is 0 Å². The number of likely N-dealkylation sites (N-methyl/N-ethyl adjacent to an activating group) is 1. The topological polar surface area (TPSA) is 84.9 Å². The second-order valence-electron chi connectivity index (χ2n) is 7.61. The van der Waals surface area contributed by atoms with Gasteiger partial charge in [0.1, 0.15) is 0 Å². The van der Waals surface area contributed by atoms with Gasteiger partial charge >= 0.3 is 12.0 Å². The van der Waals surface area contributed by atoms with Crippen molar-refractivity contribution in [3.8, 4) is 0 Å². The number of hydrogen-bond donors (Lipinski definition) is 3. The molecule has 0 bridgehead atoms. The van der Waals surface area contributed by atoms with Crippen LogP contribution >= 0.6 is 0 Å². The second-order valence-corrected chi connectivity index (χ2v) is 7.61. The van der Waals surface area contributed by atoms with Gasteiger partial charge in [0.25, 0.3) is 0 Å². The van der Waals surface area contributed by atoms with E-state index in [2.05, 4.69) is 22.5 Å². The lowest BCUT2D eigenvalue weighted by Gasteiger charge is -2.42. The van der Waals surface area contributed by atoms with Crippen molar-refractivity contribution in [1.82, 2.24) is 20.4 Å². The number of nitrogens with zero attached hydrogens (tertiary/aromatic N) is 2. The van der Waals surface area contributed by atoms with Crippen LogP contribution in [0.5, 0.6) is 0 Å². The quantitative estimate of drug-likeness (QED) is 0.641. The Morgan fingerprint density at radius 2 is 1.83 bits per heavy atom. The third kappa shape index (κ3) is 4.19. The molecule has 0 radical (unpaired) electrons. The Labute approximate surface area is 143 Å². The third-order valence-electron chi connectivity index (χ3n) is 5.68. The number of nitrogens with one attached hydrogen (secondary N) is 2. The zero-order valence-electron chi connectivity index (χ0n) is 14.7. The molecule has 1 aliphatic heterocycles. The summed E-state index contributed by atoms with van der Waals surface area (Å²) in [4.78, 5) is 27.5. The molecule has 1 heterocycles. The summed E-state index contributed by atoms with van der Waals surface area (Å²) in [6.07, 6.45) is 5.31. The van der Waals surface area contributed by atoms with Crippen molar-refractivity contribution in [2.75, 3.05) is 19.6 Å². The first kappa shape index (κ1) is 17.5. The molecule has 7 heteroatoms. The average molecular weight is 338 g/mol. The number of carbonyl (C=O) groups excluding carboxylic acids is 1. The number of rotatable bonds is 7. The molecule has 2 saturated carbocycles. The fraction of sp³-hybridized carbons (Fsp3) is 0.882. The number of carboxylic acid groups (broad SMARTS) is 1. The number of carboxylic acids is 1. The molecule has 3 N–H and O–H groups in total. The van der Waals surface area contributed by atoms with E-state index in [4.69, 9.17) is 5.11 Å². The van der Waals surface area contributed by atoms with E-state index in [1.54, 1.807) is 0 Å². The highest BCUT2D eigenvalue weighted by Gasteiger charge is 2.40. The van der Waals surface area contributed by atoms with Crippen LogP contribution in [0.15, 0.2) is 0 Å². The zero-order chi connectivity index (χ0) is 17.3. The maximum absolute atomic E-state index is 12.2. The lowest BCUT2D eigenvalue weighted by molar-refractivity contribution is -0.139. The maximum atomic E-state index is 12.2. The molecule has 0 spiro atoms. The highest BCUT2D eigenvalue weighted by Crippen LogP contribution is 2.33. The van der Waals surface area contributed by atoms with Crippen LogP contribution in [0.2, 0.25) is 0 Å². The first-order valence-corrected chi connectivity index (χ1v) is 9.24. The van der Waals surface area contributed by atoms with Gasteiger partial charge in [0.05, 0.1) is 6.54 Å². The van der Waals surface area contributed by atoms with Gasteiger partial charge < -0.3 is 15.7 Å². The molecule has 3 aliphatic rings. The van der Waals surface area contributed by atoms with E-state index in [1.165, 1.54) is 12.8 Å². The summed E-state index contributed by atoms with van der Waals surface area (Å²) in [5.41, 5.74) is 0. The monoisotopic (exact) mass is 338 g/mol. The highest BCUT2D eigenvalue weighted by molar-refractivity contribution is 5.74. The molecule has 2 atom stereocenters. The molecule has 2 amide bonds. The molecule has 0 aromatic rings. The molecule has 2 aliphatic carbocycles. The Morgan fingerprint density at radius 1 is 1.17 bits per heavy atom. The van der Waals surface area contributed by atoms with E-state index < -0.39 is 5.97 Å². The zero-order valence-corrected chi connectivity index (χ0v) is 14.7. The van der Waals surface area contributed by atoms with Gasteiger partial charge in [-0.25, -0.2) is 4.79 Å². The Kier molecular flexibility index (Phi) is 5.30. The molecule has 3 rings (SSSR count). The van der Waals surface area contributed by atoms with Gasteiger partial charge in [0.15, 0.2) is 0 Å². The summed E-state index contributed by atoms with van der Waals surface area (Å²) in [6, 6.07) is 1.91. The minimum Gasteiger partial charge on any atom is -0.480 e. The fourth-order valence-electron chi connectivity index (χ4n) is 4.16. The Morgan fingerprint density at radius 3 is 2.42 bits per heavy atom. The highest BCUT2D eigenvalue weighted by atomic mass is 16.4. The van der Waals surface area contributed by atoms with Crippen molar-refractivity contribution in [2.45, 2.75) is 76.2 Å². The first-order valence-electron chi connectivity index (χ1n) is 9.24. The van der Waals surface area contributed by atoms with E-state index >= 15 is 0 Å². The lowest BCUT2D eigenvalue weighted by atomic mass is 9.85. The summed E-state index contributed by atoms with van der Waals surface area (Å²) in [7, 11) is 0. The van der Waals surface area contributed by atoms with Crippen LogP contribution in [0.3, 0.4) is 0 Å². The van der Waals surface area contributed by atoms with Crippen LogP contribution < -0.4 is 10.6 Å². The van der Waals surface area contributed by atoms with E-state index in [9.17, 15) is 9.59 Å². The number of hydrogen-bond acceptors (Lipinski definition) is 4. The van der Waals surface area contributed by atoms with E-state index in [1.807, 2.05) is 11.8 Å². The van der Waals surface area contributed by atoms with Crippen LogP contribution in [0.25, 0.3) is 0 Å². The normalized spacial score (nSPS) is 33.3. The Hall–Kier alpha value is -1.34. The van der Waals surface area contributed by atoms with Crippen LogP contribution in [0, 0.1) is 0 Å². The third-order valence-corrected chi connectivity index (χ3v) is 5.68. The number of aliphatic carboxylic acids is 1. The molecule has 0 aromatic heterocycles. The second kappa shape index (κ2) is 7.27. The smallest absolute Gasteiger partial charge is 0.317 e. The van der Waals surface area contributed by atoms with Gasteiger partial charge in [-0.15, -0.1) is 0 Å². The summed E-state index contributed by atoms with van der Waals surface area (Å²) >= 11 is 0. The van der Waals surface area contributed by atoms with Crippen LogP contribution in [-0.2, 0) is 4.79 Å². The minimum absolute atomic E-state index is 0.0745. The maximum Gasteiger partial charge on any atom is 0.317 e. The number of carbonyl (C=O) groups is 2. The molecule has 7 nitrogen and oxygen atoms in total. The molecule has 136 valence electrons. The SMILES string of the molecule is CCN(CC(=O)O)C1CC(NC(=O)NC2CC(C)N(C3CC3)C2)C1. The molecule has 0 aromatic carbocycles. The Balaban J connectivity index is 1.35. The first-order chi connectivity index (χ1) is 11.5. The lowest BCUT2D eigenvalue weighted by Crippen LogP contribution is -2.57. The molecular formula is C17H30N4O3. The summed E-state index contributed by atoms with van der Waals surface area (Å²) in [5, 5.41) is 15.1. The van der Waals surface area contributed by atoms with Crippen LogP contribution in [-0.4, -0.2) is 76.8 Å². The van der Waals surface area contributed by atoms with E-state index in [-0.39, 0.29) is 30.7 Å². The van der Waals surface area contributed by atoms with Crippen molar-refractivity contribution < 1.29 is 14.7 Å². The van der Waals surface area contributed by atoms with Crippen molar-refractivity contribution in [3.05, 3.63) is 0 Å². The molecule has 24 heavy (non-hydrogen) atoms. The predicted octanol–water partition coefficient (Wildman–Crippen LogP) is 0.848. The van der Waals surface area contributed by atoms with Gasteiger partial charge in [0, 0.05) is 36.8 Å². The number of likely N-dealkylation sites (tertiary alicyclic amines) is 1. The molecule has 2 unspecified atom stereocenters. The molecule has 1 saturated heterocycles. The summed E-state index contributed by atoms with van der Waals surface area (Å²) in [5.74, 6) is -0.790. The minimum atomic E-state index is -0.790. The van der Waals surface area contributed by atoms with Gasteiger partial charge in [-0.2, -0.15) is 0 Å². The average Bonchev–Trinajstić information content (AvgIpc) is 3.24. The van der Waals surface area contributed by atoms with Crippen LogP contribution in [0.1, 0.15) is 46.0 Å². The van der Waals surface area contributed by atoms with Gasteiger partial charge in [-0.3, -0.25) is 14.6 Å². The van der Waals surface area contributed by atoms with E-state index in [0.717, 1.165) is 38.4 Å². The largest absolute Gasteiger partial charge is 0.480 e. The van der Waals surface area contributed by atoms with Gasteiger partial charge in [0.2, 0.25) is 0 Å². The van der Waals surface area contributed by atoms with Crippen LogP contribution in [0.4, 0.5) is 4.79 Å². The fourth-order valence-corrected chi connectivity index (χ4v) is 4.16. The van der Waals surface area contributed by atoms with Gasteiger partial charge in [-0.1, -0.05) is 6.92 Å². The van der Waals surface area contributed by atoms with Gasteiger partial charge in [-0.05, 0) is 45.6 Å². The van der Waals surface area contributed by atoms with Crippen molar-refractivity contribution >= 4 is 12.0 Å². The van der Waals surface area contributed by atoms with Crippen molar-refractivity contribution in [3.63, 3.8) is 0 Å². The molecule has 3 fully saturated rings.